The van der Waals surface area contributed by atoms with Gasteiger partial charge in [0.25, 0.3) is 0 Å². The van der Waals surface area contributed by atoms with Crippen molar-refractivity contribution in [2.24, 2.45) is 5.41 Å². The number of rotatable bonds is 4. The van der Waals surface area contributed by atoms with E-state index in [1.165, 1.54) is 25.7 Å². The Morgan fingerprint density at radius 2 is 2.07 bits per heavy atom. The molecule has 0 amide bonds. The van der Waals surface area contributed by atoms with Crippen LogP contribution < -0.4 is 5.32 Å². The molecule has 0 atom stereocenters. The van der Waals surface area contributed by atoms with Gasteiger partial charge in [-0.2, -0.15) is 0 Å². The molecule has 1 spiro atoms. The van der Waals surface area contributed by atoms with E-state index in [1.807, 2.05) is 6.92 Å². The molecule has 88 valence electrons. The molecule has 0 aliphatic heterocycles. The molecule has 3 nitrogen and oxygen atoms in total. The highest BCUT2D eigenvalue weighted by molar-refractivity contribution is 8.59. The number of hydrogen-bond acceptors (Lipinski definition) is 5. The van der Waals surface area contributed by atoms with E-state index in [9.17, 15) is 4.79 Å². The largest absolute Gasteiger partial charge is 0.465 e. The lowest BCUT2D eigenvalue weighted by Gasteiger charge is -2.36. The van der Waals surface area contributed by atoms with E-state index in [4.69, 9.17) is 4.74 Å². The number of ether oxygens (including phenoxy) is 1. The highest BCUT2D eigenvalue weighted by atomic mass is 33.1. The van der Waals surface area contributed by atoms with E-state index in [0.29, 0.717) is 24.6 Å². The van der Waals surface area contributed by atoms with Crippen LogP contribution in [0.25, 0.3) is 0 Å². The molecule has 0 aromatic carbocycles. The fourth-order valence-corrected chi connectivity index (χ4v) is 2.15. The van der Waals surface area contributed by atoms with E-state index in [2.05, 4.69) is 28.6 Å². The van der Waals surface area contributed by atoms with E-state index in [0.717, 1.165) is 0 Å². The third kappa shape index (κ3) is 3.89. The lowest BCUT2D eigenvalue weighted by atomic mass is 9.77. The van der Waals surface area contributed by atoms with Crippen LogP contribution >= 0.6 is 23.3 Å². The summed E-state index contributed by atoms with van der Waals surface area (Å²) < 4.78 is 4.83. The Hall–Kier alpha value is 0.130. The van der Waals surface area contributed by atoms with Crippen molar-refractivity contribution >= 4 is 29.3 Å². The molecule has 2 saturated carbocycles. The van der Waals surface area contributed by atoms with E-state index in [1.54, 1.807) is 0 Å². The summed E-state index contributed by atoms with van der Waals surface area (Å²) in [4.78, 5) is 11.0. The van der Waals surface area contributed by atoms with Crippen LogP contribution in [0.3, 0.4) is 0 Å². The molecule has 2 aliphatic rings. The lowest BCUT2D eigenvalue weighted by Crippen LogP contribution is -2.44. The first-order chi connectivity index (χ1) is 7.24. The molecule has 1 N–H and O–H groups in total. The van der Waals surface area contributed by atoms with Crippen LogP contribution in [-0.2, 0) is 9.53 Å². The Kier molecular flexibility index (Phi) is 5.29. The van der Waals surface area contributed by atoms with Crippen LogP contribution in [0.1, 0.15) is 32.6 Å². The molecule has 0 aromatic rings. The molecular weight excluding hydrogens is 230 g/mol. The van der Waals surface area contributed by atoms with Gasteiger partial charge < -0.3 is 10.1 Å². The van der Waals surface area contributed by atoms with Crippen LogP contribution in [0.15, 0.2) is 0 Å². The van der Waals surface area contributed by atoms with Gasteiger partial charge in [0, 0.05) is 6.04 Å². The van der Waals surface area contributed by atoms with Gasteiger partial charge in [-0.15, -0.1) is 23.3 Å². The predicted octanol–water partition coefficient (Wildman–Crippen LogP) is 1.84. The number of carbonyl (C=O) groups excluding carboxylic acids is 1. The van der Waals surface area contributed by atoms with Crippen molar-refractivity contribution in [1.82, 2.24) is 5.32 Å². The number of thiol groups is 2. The normalized spacial score (nSPS) is 21.3. The quantitative estimate of drug-likeness (QED) is 0.404. The number of esters is 1. The summed E-state index contributed by atoms with van der Waals surface area (Å²) in [6, 6.07) is 0.576. The second-order valence-corrected chi connectivity index (χ2v) is 4.29. The summed E-state index contributed by atoms with van der Waals surface area (Å²) >= 11 is 6.44. The van der Waals surface area contributed by atoms with E-state index < -0.39 is 0 Å². The maximum atomic E-state index is 11.0. The molecule has 2 aliphatic carbocycles. The highest BCUT2D eigenvalue weighted by Gasteiger charge is 2.52. The topological polar surface area (TPSA) is 38.3 Å². The van der Waals surface area contributed by atoms with Gasteiger partial charge in [0.15, 0.2) is 0 Å². The molecule has 0 aromatic heterocycles. The minimum atomic E-state index is -0.126. The third-order valence-corrected chi connectivity index (χ3v) is 3.16. The molecule has 15 heavy (non-hydrogen) atoms. The van der Waals surface area contributed by atoms with Crippen molar-refractivity contribution in [3.8, 4) is 0 Å². The second kappa shape index (κ2) is 6.01. The second-order valence-electron chi connectivity index (χ2n) is 4.29. The first kappa shape index (κ1) is 13.2. The molecule has 2 fully saturated rings. The Bertz CT molecular complexity index is 211. The fraction of sp³-hybridized carbons (Fsp3) is 0.900. The predicted molar refractivity (Wildman–Crippen MR) is 67.3 cm³/mol. The van der Waals surface area contributed by atoms with Gasteiger partial charge in [0.2, 0.25) is 0 Å². The number of nitrogens with one attached hydrogen (secondary N) is 1. The lowest BCUT2D eigenvalue weighted by molar-refractivity contribution is -0.142. The van der Waals surface area contributed by atoms with Crippen LogP contribution in [0.5, 0.6) is 0 Å². The van der Waals surface area contributed by atoms with Crippen LogP contribution in [-0.4, -0.2) is 25.2 Å². The minimum Gasteiger partial charge on any atom is -0.465 e. The zero-order valence-corrected chi connectivity index (χ0v) is 10.8. The zero-order valence-electron chi connectivity index (χ0n) is 9.03. The Morgan fingerprint density at radius 1 is 1.47 bits per heavy atom. The Balaban J connectivity index is 0.000000531. The van der Waals surface area contributed by atoms with Gasteiger partial charge in [-0.25, -0.2) is 0 Å². The molecule has 2 rings (SSSR count). The standard InChI is InChI=1S/C10H17NO2.H2S2/c1-2-13-9(12)7-11-8-5-10(6-8)3-4-10;1-2/h8,11H,2-7H2,1H3;1-2H. The first-order valence-electron chi connectivity index (χ1n) is 5.33. The molecule has 0 unspecified atom stereocenters. The van der Waals surface area contributed by atoms with Crippen molar-refractivity contribution in [2.45, 2.75) is 38.6 Å². The van der Waals surface area contributed by atoms with Gasteiger partial charge in [-0.3, -0.25) is 4.79 Å². The first-order valence-corrected chi connectivity index (χ1v) is 6.93. The Morgan fingerprint density at radius 3 is 2.53 bits per heavy atom. The van der Waals surface area contributed by atoms with Crippen LogP contribution in [0, 0.1) is 5.41 Å². The van der Waals surface area contributed by atoms with Gasteiger partial charge in [0.1, 0.15) is 0 Å². The van der Waals surface area contributed by atoms with Crippen molar-refractivity contribution < 1.29 is 9.53 Å². The summed E-state index contributed by atoms with van der Waals surface area (Å²) in [7, 11) is 0. The van der Waals surface area contributed by atoms with Crippen LogP contribution in [0.2, 0.25) is 0 Å². The summed E-state index contributed by atoms with van der Waals surface area (Å²) in [5.41, 5.74) is 0.715. The van der Waals surface area contributed by atoms with Gasteiger partial charge in [-0.05, 0) is 38.0 Å². The van der Waals surface area contributed by atoms with E-state index >= 15 is 0 Å². The summed E-state index contributed by atoms with van der Waals surface area (Å²) in [6.45, 7) is 2.70. The molecule has 0 saturated heterocycles. The van der Waals surface area contributed by atoms with Crippen molar-refractivity contribution in [3.05, 3.63) is 0 Å². The number of carbonyl (C=O) groups is 1. The van der Waals surface area contributed by atoms with E-state index in [-0.39, 0.29) is 5.97 Å². The monoisotopic (exact) mass is 249 g/mol. The van der Waals surface area contributed by atoms with Gasteiger partial charge >= 0.3 is 5.97 Å². The van der Waals surface area contributed by atoms with Crippen LogP contribution in [0.4, 0.5) is 0 Å². The van der Waals surface area contributed by atoms with Crippen molar-refractivity contribution in [1.29, 1.82) is 0 Å². The minimum absolute atomic E-state index is 0.126. The van der Waals surface area contributed by atoms with Gasteiger partial charge in [0.05, 0.1) is 13.2 Å². The summed E-state index contributed by atoms with van der Waals surface area (Å²) in [6.07, 6.45) is 5.36. The molecule has 0 radical (unpaired) electrons. The maximum absolute atomic E-state index is 11.0. The molecule has 0 heterocycles. The van der Waals surface area contributed by atoms with Gasteiger partial charge in [-0.1, -0.05) is 0 Å². The fourth-order valence-electron chi connectivity index (χ4n) is 2.15. The average Bonchev–Trinajstić information content (AvgIpc) is 2.97. The molecule has 0 bridgehead atoms. The molecule has 5 heteroatoms. The van der Waals surface area contributed by atoms with Crippen molar-refractivity contribution in [2.75, 3.05) is 13.2 Å². The Labute approximate surface area is 102 Å². The maximum Gasteiger partial charge on any atom is 0.319 e. The summed E-state index contributed by atoms with van der Waals surface area (Å²) in [5.74, 6) is -0.126. The number of hydrogen-bond donors (Lipinski definition) is 3. The summed E-state index contributed by atoms with van der Waals surface area (Å²) in [5, 5.41) is 3.22. The third-order valence-electron chi connectivity index (χ3n) is 3.16. The zero-order chi connectivity index (χ0) is 11.3. The average molecular weight is 249 g/mol. The molecular formula is C10H19NO2S2. The smallest absolute Gasteiger partial charge is 0.319 e. The SMILES string of the molecule is CCOC(=O)CNC1CC2(CC2)C1.SS. The highest BCUT2D eigenvalue weighted by Crippen LogP contribution is 2.60. The van der Waals surface area contributed by atoms with Crippen molar-refractivity contribution in [3.63, 3.8) is 0 Å².